The second-order valence-corrected chi connectivity index (χ2v) is 13.5. The van der Waals surface area contributed by atoms with Gasteiger partial charge in [-0.3, -0.25) is 0 Å². The number of fused-ring (bicyclic) bond motifs is 14. The van der Waals surface area contributed by atoms with Crippen molar-refractivity contribution < 1.29 is 4.42 Å². The van der Waals surface area contributed by atoms with Gasteiger partial charge in [0.2, 0.25) is 0 Å². The lowest BCUT2D eigenvalue weighted by atomic mass is 9.70. The first-order valence-electron chi connectivity index (χ1n) is 17.4. The number of nitrogens with zero attached hydrogens (tertiary/aromatic N) is 3. The van der Waals surface area contributed by atoms with E-state index < -0.39 is 5.41 Å². The summed E-state index contributed by atoms with van der Waals surface area (Å²) in [7, 11) is 0. The first-order valence-corrected chi connectivity index (χ1v) is 17.4. The Hall–Kier alpha value is -6.65. The lowest BCUT2D eigenvalue weighted by molar-refractivity contribution is 0.669. The summed E-state index contributed by atoms with van der Waals surface area (Å²) in [6.07, 6.45) is 0. The highest BCUT2D eigenvalue weighted by atomic mass is 16.3. The lowest BCUT2D eigenvalue weighted by Crippen LogP contribution is -2.25. The molecule has 0 bridgehead atoms. The molecular weight excluding hydrogens is 623 g/mol. The summed E-state index contributed by atoms with van der Waals surface area (Å²) in [5, 5.41) is 2.27. The van der Waals surface area contributed by atoms with Gasteiger partial charge in [-0.1, -0.05) is 152 Å². The summed E-state index contributed by atoms with van der Waals surface area (Å²) in [6, 6.07) is 55.8. The Labute approximate surface area is 294 Å². The van der Waals surface area contributed by atoms with Gasteiger partial charge in [-0.2, -0.15) is 0 Å². The monoisotopic (exact) mass is 651 g/mol. The fraction of sp³-hybridized carbons (Fsp3) is 0.0426. The van der Waals surface area contributed by atoms with Crippen LogP contribution in [-0.4, -0.2) is 15.0 Å². The number of aryl methyl sites for hydroxylation is 1. The van der Waals surface area contributed by atoms with Gasteiger partial charge in [0.05, 0.1) is 5.41 Å². The van der Waals surface area contributed by atoms with Crippen LogP contribution < -0.4 is 0 Å². The predicted molar refractivity (Wildman–Crippen MR) is 204 cm³/mol. The molecule has 4 nitrogen and oxygen atoms in total. The zero-order chi connectivity index (χ0) is 33.7. The first-order chi connectivity index (χ1) is 25.2. The zero-order valence-corrected chi connectivity index (χ0v) is 27.8. The van der Waals surface area contributed by atoms with Crippen molar-refractivity contribution in [3.05, 3.63) is 186 Å². The van der Waals surface area contributed by atoms with Crippen LogP contribution in [-0.2, 0) is 5.41 Å². The zero-order valence-electron chi connectivity index (χ0n) is 27.8. The molecule has 4 heteroatoms. The van der Waals surface area contributed by atoms with Crippen LogP contribution in [0.15, 0.2) is 162 Å². The highest BCUT2D eigenvalue weighted by molar-refractivity contribution is 6.13. The minimum Gasteiger partial charge on any atom is -0.455 e. The van der Waals surface area contributed by atoms with E-state index in [2.05, 4.69) is 134 Å². The second-order valence-electron chi connectivity index (χ2n) is 13.5. The minimum atomic E-state index is -0.546. The molecule has 0 aliphatic heterocycles. The van der Waals surface area contributed by atoms with Gasteiger partial charge in [-0.05, 0) is 57.5 Å². The second kappa shape index (κ2) is 10.4. The first kappa shape index (κ1) is 28.2. The van der Waals surface area contributed by atoms with Crippen molar-refractivity contribution >= 4 is 21.9 Å². The van der Waals surface area contributed by atoms with Crippen LogP contribution in [0.25, 0.3) is 78.4 Å². The van der Waals surface area contributed by atoms with Crippen molar-refractivity contribution in [1.29, 1.82) is 0 Å². The van der Waals surface area contributed by atoms with Crippen LogP contribution >= 0.6 is 0 Å². The van der Waals surface area contributed by atoms with Crippen molar-refractivity contribution in [3.63, 3.8) is 0 Å². The van der Waals surface area contributed by atoms with Crippen molar-refractivity contribution in [3.8, 4) is 56.4 Å². The van der Waals surface area contributed by atoms with E-state index in [0.717, 1.165) is 49.8 Å². The molecule has 0 saturated carbocycles. The lowest BCUT2D eigenvalue weighted by Gasteiger charge is -2.30. The molecule has 1 unspecified atom stereocenters. The molecule has 0 saturated heterocycles. The van der Waals surface area contributed by atoms with E-state index in [1.807, 2.05) is 30.3 Å². The van der Waals surface area contributed by atoms with Crippen molar-refractivity contribution in [1.82, 2.24) is 15.0 Å². The number of rotatable bonds is 3. The molecule has 1 atom stereocenters. The van der Waals surface area contributed by atoms with Crippen molar-refractivity contribution in [2.24, 2.45) is 0 Å². The Morgan fingerprint density at radius 2 is 0.980 bits per heavy atom. The third-order valence-electron chi connectivity index (χ3n) is 10.9. The largest absolute Gasteiger partial charge is 0.455 e. The molecule has 0 N–H and O–H groups in total. The van der Waals surface area contributed by atoms with Crippen molar-refractivity contribution in [2.75, 3.05) is 0 Å². The van der Waals surface area contributed by atoms with E-state index in [1.165, 1.54) is 38.9 Å². The highest BCUT2D eigenvalue weighted by Gasteiger charge is 2.53. The van der Waals surface area contributed by atoms with Crippen molar-refractivity contribution in [2.45, 2.75) is 12.3 Å². The summed E-state index contributed by atoms with van der Waals surface area (Å²) in [4.78, 5) is 15.5. The predicted octanol–water partition coefficient (Wildman–Crippen LogP) is 11.4. The Balaban J connectivity index is 1.23. The van der Waals surface area contributed by atoms with Crippen LogP contribution in [0.5, 0.6) is 0 Å². The molecule has 0 radical (unpaired) electrons. The average Bonchev–Trinajstić information content (AvgIpc) is 3.82. The molecule has 9 aromatic rings. The number of furan rings is 1. The summed E-state index contributed by atoms with van der Waals surface area (Å²) in [5.41, 5.74) is 15.0. The van der Waals surface area contributed by atoms with Gasteiger partial charge < -0.3 is 4.42 Å². The Bertz CT molecular complexity index is 2890. The summed E-state index contributed by atoms with van der Waals surface area (Å²) in [6.45, 7) is 2.11. The van der Waals surface area contributed by atoms with E-state index in [1.54, 1.807) is 0 Å². The third-order valence-corrected chi connectivity index (χ3v) is 10.9. The van der Waals surface area contributed by atoms with Gasteiger partial charge in [0.25, 0.3) is 0 Å². The maximum absolute atomic E-state index is 6.72. The van der Waals surface area contributed by atoms with Gasteiger partial charge in [-0.25, -0.2) is 15.0 Å². The molecule has 1 spiro atoms. The van der Waals surface area contributed by atoms with Crippen LogP contribution in [0.4, 0.5) is 0 Å². The highest BCUT2D eigenvalue weighted by Crippen LogP contribution is 2.65. The maximum Gasteiger partial charge on any atom is 0.164 e. The molecule has 0 fully saturated rings. The standard InChI is InChI=1S/C47H29N3O/c1-28-14-5-6-17-30(28)45-48-44(29-15-3-2-4-16-29)49-46(50-45)35-21-13-24-38-41(35)33-19-7-10-22-36(33)47(38)37-23-11-8-20-34(37)42-39(47)27-26-32-31-18-9-12-25-40(31)51-43(32)42/h2-27H,1H3. The van der Waals surface area contributed by atoms with Crippen LogP contribution in [0, 0.1) is 6.92 Å². The normalized spacial score (nSPS) is 15.2. The van der Waals surface area contributed by atoms with Gasteiger partial charge in [-0.15, -0.1) is 0 Å². The maximum atomic E-state index is 6.72. The SMILES string of the molecule is Cc1ccccc1-c1nc(-c2ccccc2)nc(-c2cccc3c2-c2ccccc2C32c3ccccc3-c3c2ccc2c3oc3ccccc32)n1. The summed E-state index contributed by atoms with van der Waals surface area (Å²) >= 11 is 0. The number of benzene rings is 7. The van der Waals surface area contributed by atoms with Gasteiger partial charge in [0.15, 0.2) is 17.5 Å². The summed E-state index contributed by atoms with van der Waals surface area (Å²) in [5.74, 6) is 1.98. The fourth-order valence-corrected chi connectivity index (χ4v) is 8.79. The molecule has 7 aromatic carbocycles. The van der Waals surface area contributed by atoms with E-state index in [0.29, 0.717) is 17.5 Å². The van der Waals surface area contributed by atoms with Gasteiger partial charge >= 0.3 is 0 Å². The molecule has 2 heterocycles. The topological polar surface area (TPSA) is 51.8 Å². The molecule has 11 rings (SSSR count). The molecule has 2 aliphatic carbocycles. The number of aromatic nitrogens is 3. The minimum absolute atomic E-state index is 0.546. The Morgan fingerprint density at radius 1 is 0.412 bits per heavy atom. The number of hydrogen-bond donors (Lipinski definition) is 0. The number of para-hydroxylation sites is 1. The van der Waals surface area contributed by atoms with Crippen LogP contribution in [0.1, 0.15) is 27.8 Å². The van der Waals surface area contributed by atoms with Gasteiger partial charge in [0, 0.05) is 33.0 Å². The van der Waals surface area contributed by atoms with E-state index in [-0.39, 0.29) is 0 Å². The van der Waals surface area contributed by atoms with E-state index in [4.69, 9.17) is 19.4 Å². The van der Waals surface area contributed by atoms with Gasteiger partial charge in [0.1, 0.15) is 11.2 Å². The molecule has 0 amide bonds. The molecule has 2 aliphatic rings. The van der Waals surface area contributed by atoms with E-state index >= 15 is 0 Å². The Morgan fingerprint density at radius 3 is 1.76 bits per heavy atom. The molecule has 2 aromatic heterocycles. The fourth-order valence-electron chi connectivity index (χ4n) is 8.79. The van der Waals surface area contributed by atoms with Crippen LogP contribution in [0.3, 0.4) is 0 Å². The molecule has 51 heavy (non-hydrogen) atoms. The smallest absolute Gasteiger partial charge is 0.164 e. The molecule has 238 valence electrons. The molecular formula is C47H29N3O. The quantitative estimate of drug-likeness (QED) is 0.191. The average molecular weight is 652 g/mol. The van der Waals surface area contributed by atoms with E-state index in [9.17, 15) is 0 Å². The Kier molecular flexibility index (Phi) is 5.77. The number of hydrogen-bond acceptors (Lipinski definition) is 4. The third kappa shape index (κ3) is 3.76. The summed E-state index contributed by atoms with van der Waals surface area (Å²) < 4.78 is 6.72. The van der Waals surface area contributed by atoms with Crippen LogP contribution in [0.2, 0.25) is 0 Å².